The third kappa shape index (κ3) is 3.05. The minimum atomic E-state index is -0.401. The molecule has 0 amide bonds. The normalized spacial score (nSPS) is 11.2. The van der Waals surface area contributed by atoms with Crippen LogP contribution in [-0.2, 0) is 4.74 Å². The molecule has 0 saturated carbocycles. The SMILES string of the molecule is CCOC(=O)c1sc2ncc(-c3ccc4ccccc4c3)c(-c3cccs3)c2c1N. The fourth-order valence-electron chi connectivity index (χ4n) is 3.69. The zero-order chi connectivity index (χ0) is 20.7. The molecule has 2 N–H and O–H groups in total. The number of nitrogens with zero attached hydrogens (tertiary/aromatic N) is 1. The van der Waals surface area contributed by atoms with E-state index in [9.17, 15) is 4.79 Å². The summed E-state index contributed by atoms with van der Waals surface area (Å²) in [5.41, 5.74) is 10.00. The van der Waals surface area contributed by atoms with Gasteiger partial charge in [-0.25, -0.2) is 9.78 Å². The molecule has 0 spiro atoms. The van der Waals surface area contributed by atoms with Crippen LogP contribution in [-0.4, -0.2) is 17.6 Å². The number of nitrogens with two attached hydrogens (primary N) is 1. The number of nitrogen functional groups attached to an aromatic ring is 1. The van der Waals surface area contributed by atoms with E-state index in [0.717, 1.165) is 37.2 Å². The molecule has 0 aliphatic carbocycles. The van der Waals surface area contributed by atoms with Gasteiger partial charge in [-0.3, -0.25) is 0 Å². The highest BCUT2D eigenvalue weighted by Gasteiger charge is 2.24. The summed E-state index contributed by atoms with van der Waals surface area (Å²) < 4.78 is 5.20. The standard InChI is InChI=1S/C24H18N2O2S2/c1-2-28-24(27)22-21(25)20-19(18-8-5-11-29-18)17(13-26-23(20)30-22)16-10-9-14-6-3-4-7-15(14)12-16/h3-13H,2,25H2,1H3. The van der Waals surface area contributed by atoms with E-state index in [0.29, 0.717) is 17.2 Å². The van der Waals surface area contributed by atoms with E-state index in [-0.39, 0.29) is 0 Å². The first-order valence-corrected chi connectivity index (χ1v) is 11.3. The van der Waals surface area contributed by atoms with Crippen molar-refractivity contribution >= 4 is 55.3 Å². The largest absolute Gasteiger partial charge is 0.462 e. The lowest BCUT2D eigenvalue weighted by Gasteiger charge is -2.11. The van der Waals surface area contributed by atoms with E-state index < -0.39 is 5.97 Å². The van der Waals surface area contributed by atoms with Gasteiger partial charge in [0.15, 0.2) is 0 Å². The van der Waals surface area contributed by atoms with Crippen molar-refractivity contribution in [3.8, 4) is 21.6 Å². The van der Waals surface area contributed by atoms with Crippen molar-refractivity contribution in [2.45, 2.75) is 6.92 Å². The highest BCUT2D eigenvalue weighted by molar-refractivity contribution is 7.21. The van der Waals surface area contributed by atoms with Gasteiger partial charge in [0.05, 0.1) is 12.3 Å². The maximum absolute atomic E-state index is 12.4. The summed E-state index contributed by atoms with van der Waals surface area (Å²) in [4.78, 5) is 19.3. The number of carbonyl (C=O) groups excluding carboxylic acids is 1. The molecular weight excluding hydrogens is 412 g/mol. The lowest BCUT2D eigenvalue weighted by atomic mass is 9.96. The van der Waals surface area contributed by atoms with Crippen LogP contribution in [0.2, 0.25) is 0 Å². The lowest BCUT2D eigenvalue weighted by molar-refractivity contribution is 0.0533. The van der Waals surface area contributed by atoms with Crippen LogP contribution in [0.15, 0.2) is 66.2 Å². The van der Waals surface area contributed by atoms with E-state index in [1.54, 1.807) is 18.3 Å². The molecule has 2 aromatic carbocycles. The molecule has 0 aliphatic rings. The number of aromatic nitrogens is 1. The number of hydrogen-bond donors (Lipinski definition) is 1. The van der Waals surface area contributed by atoms with Crippen molar-refractivity contribution in [3.63, 3.8) is 0 Å². The molecule has 0 unspecified atom stereocenters. The summed E-state index contributed by atoms with van der Waals surface area (Å²) in [6, 6.07) is 18.8. The van der Waals surface area contributed by atoms with Gasteiger partial charge in [0.25, 0.3) is 0 Å². The Morgan fingerprint density at radius 3 is 2.70 bits per heavy atom. The number of rotatable bonds is 4. The Morgan fingerprint density at radius 2 is 1.93 bits per heavy atom. The molecule has 3 aromatic heterocycles. The summed E-state index contributed by atoms with van der Waals surface area (Å²) >= 11 is 2.93. The number of thiophene rings is 2. The Balaban J connectivity index is 1.80. The predicted octanol–water partition coefficient (Wildman–Crippen LogP) is 6.60. The Hall–Kier alpha value is -3.22. The number of anilines is 1. The van der Waals surface area contributed by atoms with E-state index in [4.69, 9.17) is 10.5 Å². The number of carbonyl (C=O) groups is 1. The first-order valence-electron chi connectivity index (χ1n) is 9.58. The minimum Gasteiger partial charge on any atom is -0.462 e. The number of ether oxygens (including phenoxy) is 1. The van der Waals surface area contributed by atoms with Crippen molar-refractivity contribution in [2.75, 3.05) is 12.3 Å². The monoisotopic (exact) mass is 430 g/mol. The van der Waals surface area contributed by atoms with Crippen molar-refractivity contribution in [3.05, 3.63) is 71.1 Å². The molecule has 0 saturated heterocycles. The Bertz CT molecular complexity index is 1390. The summed E-state index contributed by atoms with van der Waals surface area (Å²) in [5.74, 6) is -0.401. The topological polar surface area (TPSA) is 65.2 Å². The minimum absolute atomic E-state index is 0.306. The summed E-state index contributed by atoms with van der Waals surface area (Å²) in [7, 11) is 0. The van der Waals surface area contributed by atoms with Crippen molar-refractivity contribution in [2.24, 2.45) is 0 Å². The number of esters is 1. The second kappa shape index (κ2) is 7.55. The van der Waals surface area contributed by atoms with Gasteiger partial charge >= 0.3 is 5.97 Å². The highest BCUT2D eigenvalue weighted by atomic mass is 32.1. The predicted molar refractivity (Wildman–Crippen MR) is 126 cm³/mol. The van der Waals surface area contributed by atoms with Crippen LogP contribution in [0.25, 0.3) is 42.6 Å². The fourth-order valence-corrected chi connectivity index (χ4v) is 5.44. The van der Waals surface area contributed by atoms with Crippen LogP contribution in [0, 0.1) is 0 Å². The van der Waals surface area contributed by atoms with Gasteiger partial charge in [0.1, 0.15) is 9.71 Å². The third-order valence-electron chi connectivity index (χ3n) is 5.05. The van der Waals surface area contributed by atoms with Crippen LogP contribution in [0.5, 0.6) is 0 Å². The Kier molecular flexibility index (Phi) is 4.73. The van der Waals surface area contributed by atoms with E-state index >= 15 is 0 Å². The zero-order valence-corrected chi connectivity index (χ0v) is 17.8. The van der Waals surface area contributed by atoms with Crippen molar-refractivity contribution in [1.29, 1.82) is 0 Å². The van der Waals surface area contributed by atoms with Crippen LogP contribution in [0.4, 0.5) is 5.69 Å². The molecule has 3 heterocycles. The average Bonchev–Trinajstić information content (AvgIpc) is 3.41. The molecule has 5 aromatic rings. The molecule has 0 bridgehead atoms. The highest BCUT2D eigenvalue weighted by Crippen LogP contribution is 2.45. The van der Waals surface area contributed by atoms with Gasteiger partial charge in [-0.05, 0) is 40.8 Å². The first-order chi connectivity index (χ1) is 14.7. The van der Waals surface area contributed by atoms with E-state index in [1.165, 1.54) is 16.7 Å². The maximum atomic E-state index is 12.4. The summed E-state index contributed by atoms with van der Waals surface area (Å²) in [5, 5.41) is 5.21. The van der Waals surface area contributed by atoms with Crippen LogP contribution in [0.3, 0.4) is 0 Å². The lowest BCUT2D eigenvalue weighted by Crippen LogP contribution is -2.04. The molecule has 148 valence electrons. The average molecular weight is 431 g/mol. The fraction of sp³-hybridized carbons (Fsp3) is 0.0833. The smallest absolute Gasteiger partial charge is 0.350 e. The Labute approximate surface area is 181 Å². The summed E-state index contributed by atoms with van der Waals surface area (Å²) in [6.07, 6.45) is 1.88. The first kappa shape index (κ1) is 18.8. The van der Waals surface area contributed by atoms with E-state index in [1.807, 2.05) is 29.8 Å². The maximum Gasteiger partial charge on any atom is 0.350 e. The second-order valence-electron chi connectivity index (χ2n) is 6.83. The molecular formula is C24H18N2O2S2. The molecule has 4 nitrogen and oxygen atoms in total. The molecule has 6 heteroatoms. The van der Waals surface area contributed by atoms with Crippen LogP contribution in [0.1, 0.15) is 16.6 Å². The molecule has 0 fully saturated rings. The van der Waals surface area contributed by atoms with E-state index in [2.05, 4.69) is 41.4 Å². The molecule has 0 atom stereocenters. The number of pyridine rings is 1. The van der Waals surface area contributed by atoms with Gasteiger partial charge in [0.2, 0.25) is 0 Å². The van der Waals surface area contributed by atoms with Gasteiger partial charge < -0.3 is 10.5 Å². The quantitative estimate of drug-likeness (QED) is 0.326. The second-order valence-corrected chi connectivity index (χ2v) is 8.78. The van der Waals surface area contributed by atoms with Crippen LogP contribution >= 0.6 is 22.7 Å². The Morgan fingerprint density at radius 1 is 1.10 bits per heavy atom. The van der Waals surface area contributed by atoms with Crippen molar-refractivity contribution in [1.82, 2.24) is 4.98 Å². The molecule has 30 heavy (non-hydrogen) atoms. The van der Waals surface area contributed by atoms with Gasteiger partial charge in [-0.2, -0.15) is 0 Å². The van der Waals surface area contributed by atoms with Crippen molar-refractivity contribution < 1.29 is 9.53 Å². The van der Waals surface area contributed by atoms with Gasteiger partial charge in [-0.1, -0.05) is 42.5 Å². The number of fused-ring (bicyclic) bond motifs is 2. The third-order valence-corrected chi connectivity index (χ3v) is 7.03. The molecule has 0 radical (unpaired) electrons. The van der Waals surface area contributed by atoms with Gasteiger partial charge in [0, 0.05) is 27.6 Å². The molecule has 5 rings (SSSR count). The number of hydrogen-bond acceptors (Lipinski definition) is 6. The van der Waals surface area contributed by atoms with Crippen LogP contribution < -0.4 is 5.73 Å². The number of benzene rings is 2. The molecule has 0 aliphatic heterocycles. The summed E-state index contributed by atoms with van der Waals surface area (Å²) in [6.45, 7) is 2.09. The zero-order valence-electron chi connectivity index (χ0n) is 16.2. The van der Waals surface area contributed by atoms with Gasteiger partial charge in [-0.15, -0.1) is 22.7 Å².